The Balaban J connectivity index is 1.48. The molecule has 0 bridgehead atoms. The van der Waals surface area contributed by atoms with Crippen LogP contribution in [0.1, 0.15) is 58.8 Å². The maximum Gasteiger partial charge on any atom is 0.254 e. The van der Waals surface area contributed by atoms with Gasteiger partial charge in [0.2, 0.25) is 0 Å². The number of nitrogens with one attached hydrogen (secondary N) is 1. The SMILES string of the molecule is CN1C(=C=O)CCCc2cc(-c3cncc4c3CCCC4NC(=O)c3cnn(C)c3)ccc21. The van der Waals surface area contributed by atoms with E-state index in [0.717, 1.165) is 60.9 Å². The average molecular weight is 442 g/mol. The molecule has 1 amide bonds. The predicted octanol–water partition coefficient (Wildman–Crippen LogP) is 3.78. The number of nitrogens with zero attached hydrogens (tertiary/aromatic N) is 4. The lowest BCUT2D eigenvalue weighted by atomic mass is 9.84. The summed E-state index contributed by atoms with van der Waals surface area (Å²) in [5.41, 5.74) is 8.15. The highest BCUT2D eigenvalue weighted by atomic mass is 16.1. The first-order valence-corrected chi connectivity index (χ1v) is 11.4. The summed E-state index contributed by atoms with van der Waals surface area (Å²) >= 11 is 0. The van der Waals surface area contributed by atoms with Crippen molar-refractivity contribution in [2.75, 3.05) is 11.9 Å². The Morgan fingerprint density at radius 1 is 1.12 bits per heavy atom. The maximum atomic E-state index is 12.7. The van der Waals surface area contributed by atoms with Crippen LogP contribution in [0.15, 0.2) is 48.7 Å². The standard InChI is InChI=1S/C26H27N5O2/c1-30-15-19(12-28-30)26(33)29-24-8-4-7-21-22(13-27-14-23(21)24)17-9-10-25-18(11-17)5-3-6-20(16-32)31(25)2/h9-15,24H,3-8H2,1-2H3,(H,29,33). The van der Waals surface area contributed by atoms with Crippen molar-refractivity contribution in [3.05, 3.63) is 70.9 Å². The molecule has 168 valence electrons. The molecule has 1 unspecified atom stereocenters. The minimum atomic E-state index is -0.113. The Kier molecular flexibility index (Phi) is 5.56. The first-order chi connectivity index (χ1) is 16.0. The number of carbonyl (C=O) groups is 1. The number of anilines is 1. The van der Waals surface area contributed by atoms with Gasteiger partial charge in [-0.2, -0.15) is 5.10 Å². The molecule has 1 aromatic carbocycles. The monoisotopic (exact) mass is 441 g/mol. The van der Waals surface area contributed by atoms with E-state index in [-0.39, 0.29) is 11.9 Å². The summed E-state index contributed by atoms with van der Waals surface area (Å²) in [6, 6.07) is 6.37. The Morgan fingerprint density at radius 3 is 2.79 bits per heavy atom. The highest BCUT2D eigenvalue weighted by Gasteiger charge is 2.26. The minimum absolute atomic E-state index is 0.0684. The van der Waals surface area contributed by atoms with Gasteiger partial charge in [-0.15, -0.1) is 0 Å². The number of pyridine rings is 1. The van der Waals surface area contributed by atoms with Crippen molar-refractivity contribution < 1.29 is 9.59 Å². The van der Waals surface area contributed by atoms with Crippen LogP contribution in [0.4, 0.5) is 5.69 Å². The molecule has 0 spiro atoms. The van der Waals surface area contributed by atoms with Crippen LogP contribution in [0.5, 0.6) is 0 Å². The second-order valence-corrected chi connectivity index (χ2v) is 8.88. The van der Waals surface area contributed by atoms with E-state index >= 15 is 0 Å². The highest BCUT2D eigenvalue weighted by molar-refractivity contribution is 5.94. The van der Waals surface area contributed by atoms with E-state index < -0.39 is 0 Å². The topological polar surface area (TPSA) is 80.1 Å². The first kappa shape index (κ1) is 21.2. The second kappa shape index (κ2) is 8.68. The van der Waals surface area contributed by atoms with E-state index in [1.54, 1.807) is 24.1 Å². The molecule has 3 aromatic rings. The van der Waals surface area contributed by atoms with Gasteiger partial charge >= 0.3 is 0 Å². The lowest BCUT2D eigenvalue weighted by molar-refractivity contribution is 0.0932. The maximum absolute atomic E-state index is 12.7. The molecule has 2 aromatic heterocycles. The second-order valence-electron chi connectivity index (χ2n) is 8.88. The number of hydrogen-bond acceptors (Lipinski definition) is 5. The third-order valence-corrected chi connectivity index (χ3v) is 6.79. The fourth-order valence-corrected chi connectivity index (χ4v) is 5.06. The van der Waals surface area contributed by atoms with Gasteiger partial charge in [-0.1, -0.05) is 6.07 Å². The summed E-state index contributed by atoms with van der Waals surface area (Å²) in [5.74, 6) is 1.99. The normalized spacial score (nSPS) is 17.6. The van der Waals surface area contributed by atoms with Gasteiger partial charge in [-0.05, 0) is 72.9 Å². The van der Waals surface area contributed by atoms with Gasteiger partial charge in [0.25, 0.3) is 5.91 Å². The molecular weight excluding hydrogens is 414 g/mol. The van der Waals surface area contributed by atoms with Gasteiger partial charge in [0.15, 0.2) is 0 Å². The molecule has 5 rings (SSSR count). The molecule has 33 heavy (non-hydrogen) atoms. The third kappa shape index (κ3) is 3.96. The van der Waals surface area contributed by atoms with E-state index in [0.29, 0.717) is 11.3 Å². The Bertz CT molecular complexity index is 1270. The van der Waals surface area contributed by atoms with Gasteiger partial charge < -0.3 is 10.2 Å². The largest absolute Gasteiger partial charge is 0.345 e. The molecule has 0 fully saturated rings. The lowest BCUT2D eigenvalue weighted by Crippen LogP contribution is -2.31. The zero-order valence-electron chi connectivity index (χ0n) is 19.0. The minimum Gasteiger partial charge on any atom is -0.345 e. The molecule has 1 aliphatic carbocycles. The van der Waals surface area contributed by atoms with Crippen molar-refractivity contribution in [3.8, 4) is 11.1 Å². The summed E-state index contributed by atoms with van der Waals surface area (Å²) in [4.78, 5) is 30.6. The molecule has 1 atom stereocenters. The summed E-state index contributed by atoms with van der Waals surface area (Å²) < 4.78 is 1.63. The average Bonchev–Trinajstić information content (AvgIpc) is 3.20. The zero-order valence-corrected chi connectivity index (χ0v) is 19.0. The van der Waals surface area contributed by atoms with Crippen LogP contribution in [0, 0.1) is 0 Å². The lowest BCUT2D eigenvalue weighted by Gasteiger charge is -2.28. The van der Waals surface area contributed by atoms with E-state index in [1.165, 1.54) is 11.1 Å². The van der Waals surface area contributed by atoms with Crippen LogP contribution >= 0.6 is 0 Å². The van der Waals surface area contributed by atoms with Crippen LogP contribution in [-0.4, -0.2) is 33.7 Å². The molecule has 1 aliphatic heterocycles. The summed E-state index contributed by atoms with van der Waals surface area (Å²) in [6.45, 7) is 0. The molecule has 3 heterocycles. The van der Waals surface area contributed by atoms with Crippen molar-refractivity contribution in [3.63, 3.8) is 0 Å². The van der Waals surface area contributed by atoms with Crippen molar-refractivity contribution >= 4 is 17.5 Å². The van der Waals surface area contributed by atoms with E-state index in [1.807, 2.05) is 24.3 Å². The number of allylic oxidation sites excluding steroid dienone is 1. The number of rotatable bonds is 3. The van der Waals surface area contributed by atoms with Crippen molar-refractivity contribution in [2.24, 2.45) is 7.05 Å². The number of hydrogen-bond donors (Lipinski definition) is 1. The van der Waals surface area contributed by atoms with Crippen LogP contribution in [0.2, 0.25) is 0 Å². The van der Waals surface area contributed by atoms with Crippen molar-refractivity contribution in [1.82, 2.24) is 20.1 Å². The Hall–Kier alpha value is -3.70. The number of carbonyl (C=O) groups excluding carboxylic acids is 2. The molecule has 7 heteroatoms. The van der Waals surface area contributed by atoms with Crippen LogP contribution in [0.3, 0.4) is 0 Å². The summed E-state index contributed by atoms with van der Waals surface area (Å²) in [7, 11) is 3.74. The molecule has 2 aliphatic rings. The van der Waals surface area contributed by atoms with E-state index in [4.69, 9.17) is 0 Å². The molecule has 1 N–H and O–H groups in total. The quantitative estimate of drug-likeness (QED) is 0.626. The summed E-state index contributed by atoms with van der Waals surface area (Å²) in [5, 5.41) is 7.28. The highest BCUT2D eigenvalue weighted by Crippen LogP contribution is 2.38. The van der Waals surface area contributed by atoms with Gasteiger partial charge in [0.1, 0.15) is 11.6 Å². The van der Waals surface area contributed by atoms with Gasteiger partial charge in [0.05, 0.1) is 17.8 Å². The van der Waals surface area contributed by atoms with Gasteiger partial charge in [-0.3, -0.25) is 14.5 Å². The fourth-order valence-electron chi connectivity index (χ4n) is 5.06. The summed E-state index contributed by atoms with van der Waals surface area (Å²) in [6.07, 6.45) is 12.6. The number of aryl methyl sites for hydroxylation is 2. The number of amides is 1. The zero-order chi connectivity index (χ0) is 22.9. The first-order valence-electron chi connectivity index (χ1n) is 11.4. The molecule has 0 saturated carbocycles. The van der Waals surface area contributed by atoms with Gasteiger partial charge in [0, 0.05) is 43.9 Å². The number of fused-ring (bicyclic) bond motifs is 2. The predicted molar refractivity (Wildman–Crippen MR) is 127 cm³/mol. The third-order valence-electron chi connectivity index (χ3n) is 6.79. The fraction of sp³-hybridized carbons (Fsp3) is 0.346. The van der Waals surface area contributed by atoms with Crippen molar-refractivity contribution in [2.45, 2.75) is 44.6 Å². The Labute approximate surface area is 193 Å². The number of aromatic nitrogens is 3. The smallest absolute Gasteiger partial charge is 0.254 e. The van der Waals surface area contributed by atoms with E-state index in [2.05, 4.69) is 39.5 Å². The molecule has 0 radical (unpaired) electrons. The van der Waals surface area contributed by atoms with Crippen LogP contribution < -0.4 is 10.2 Å². The Morgan fingerprint density at radius 2 is 2.00 bits per heavy atom. The molecule has 0 saturated heterocycles. The van der Waals surface area contributed by atoms with Crippen LogP contribution in [0.25, 0.3) is 11.1 Å². The number of benzene rings is 1. The van der Waals surface area contributed by atoms with E-state index in [9.17, 15) is 9.59 Å². The van der Waals surface area contributed by atoms with Gasteiger partial charge in [-0.25, -0.2) is 4.79 Å². The molecule has 7 nitrogen and oxygen atoms in total. The molecular formula is C26H27N5O2. The van der Waals surface area contributed by atoms with Crippen molar-refractivity contribution in [1.29, 1.82) is 0 Å². The van der Waals surface area contributed by atoms with Crippen LogP contribution in [-0.2, 0) is 24.7 Å².